The van der Waals surface area contributed by atoms with Crippen molar-refractivity contribution in [2.75, 3.05) is 0 Å². The standard InChI is InChI=1S/C15H10ClNO2S/c16-12-6-7-14-13(10-12)15(11-4-2-1-3-5-11)17-8-9-20(14,18)19/h1-10H. The lowest BCUT2D eigenvalue weighted by Crippen LogP contribution is -2.08. The Balaban J connectivity index is 2.31. The predicted molar refractivity (Wildman–Crippen MR) is 79.9 cm³/mol. The fourth-order valence-corrected chi connectivity index (χ4v) is 3.35. The van der Waals surface area contributed by atoms with Gasteiger partial charge in [0.05, 0.1) is 16.0 Å². The number of rotatable bonds is 1. The van der Waals surface area contributed by atoms with Crippen molar-refractivity contribution < 1.29 is 8.42 Å². The molecule has 5 heteroatoms. The lowest BCUT2D eigenvalue weighted by atomic mass is 10.0. The summed E-state index contributed by atoms with van der Waals surface area (Å²) in [4.78, 5) is 4.49. The summed E-state index contributed by atoms with van der Waals surface area (Å²) >= 11 is 6.01. The third-order valence-electron chi connectivity index (χ3n) is 2.99. The van der Waals surface area contributed by atoms with Crippen LogP contribution in [0.1, 0.15) is 11.1 Å². The zero-order valence-corrected chi connectivity index (χ0v) is 11.9. The number of sulfone groups is 1. The van der Waals surface area contributed by atoms with Gasteiger partial charge in [0.1, 0.15) is 0 Å². The zero-order chi connectivity index (χ0) is 14.2. The van der Waals surface area contributed by atoms with E-state index in [0.717, 1.165) is 11.0 Å². The van der Waals surface area contributed by atoms with Crippen LogP contribution in [0.25, 0.3) is 0 Å². The molecule has 0 fully saturated rings. The molecule has 0 unspecified atom stereocenters. The summed E-state index contributed by atoms with van der Waals surface area (Å²) in [5.74, 6) is 0. The molecule has 0 aromatic heterocycles. The first-order valence-electron chi connectivity index (χ1n) is 5.93. The van der Waals surface area contributed by atoms with Crippen LogP contribution < -0.4 is 0 Å². The summed E-state index contributed by atoms with van der Waals surface area (Å²) in [6, 6.07) is 14.1. The first-order chi connectivity index (χ1) is 9.58. The average Bonchev–Trinajstić information content (AvgIpc) is 2.56. The van der Waals surface area contributed by atoms with Gasteiger partial charge in [-0.3, -0.25) is 4.99 Å². The molecule has 1 aliphatic heterocycles. The van der Waals surface area contributed by atoms with E-state index in [9.17, 15) is 8.42 Å². The van der Waals surface area contributed by atoms with Crippen molar-refractivity contribution in [3.05, 3.63) is 76.3 Å². The van der Waals surface area contributed by atoms with Crippen molar-refractivity contribution in [2.24, 2.45) is 4.99 Å². The summed E-state index contributed by atoms with van der Waals surface area (Å²) in [5.41, 5.74) is 1.96. The summed E-state index contributed by atoms with van der Waals surface area (Å²) in [6.45, 7) is 0. The van der Waals surface area contributed by atoms with Crippen molar-refractivity contribution in [1.29, 1.82) is 0 Å². The van der Waals surface area contributed by atoms with E-state index in [0.29, 0.717) is 16.3 Å². The van der Waals surface area contributed by atoms with Gasteiger partial charge in [-0.15, -0.1) is 0 Å². The fraction of sp³-hybridized carbons (Fsp3) is 0. The monoisotopic (exact) mass is 303 g/mol. The van der Waals surface area contributed by atoms with Crippen LogP contribution >= 0.6 is 11.6 Å². The molecular weight excluding hydrogens is 294 g/mol. The van der Waals surface area contributed by atoms with Gasteiger partial charge in [-0.25, -0.2) is 8.42 Å². The highest BCUT2D eigenvalue weighted by Gasteiger charge is 2.22. The number of halogens is 1. The number of fused-ring (bicyclic) bond motifs is 1. The molecule has 0 N–H and O–H groups in total. The average molecular weight is 304 g/mol. The van der Waals surface area contributed by atoms with Crippen LogP contribution in [0.5, 0.6) is 0 Å². The van der Waals surface area contributed by atoms with Crippen LogP contribution in [0.15, 0.2) is 70.0 Å². The van der Waals surface area contributed by atoms with E-state index < -0.39 is 9.84 Å². The summed E-state index contributed by atoms with van der Waals surface area (Å²) < 4.78 is 24.4. The highest BCUT2D eigenvalue weighted by atomic mass is 35.5. The Bertz CT molecular complexity index is 824. The van der Waals surface area contributed by atoms with E-state index in [4.69, 9.17) is 11.6 Å². The van der Waals surface area contributed by atoms with Crippen LogP contribution in [0.2, 0.25) is 5.02 Å². The Hall–Kier alpha value is -1.91. The summed E-state index contributed by atoms with van der Waals surface area (Å²) in [5, 5.41) is 1.58. The Labute approximate surface area is 122 Å². The van der Waals surface area contributed by atoms with Gasteiger partial charge in [0.2, 0.25) is 9.84 Å². The van der Waals surface area contributed by atoms with E-state index in [-0.39, 0.29) is 4.90 Å². The Morgan fingerprint density at radius 2 is 1.75 bits per heavy atom. The number of hydrogen-bond acceptors (Lipinski definition) is 3. The minimum absolute atomic E-state index is 0.221. The van der Waals surface area contributed by atoms with E-state index in [1.54, 1.807) is 12.1 Å². The largest absolute Gasteiger partial charge is 0.255 e. The van der Waals surface area contributed by atoms with Crippen LogP contribution in [0.4, 0.5) is 0 Å². The second kappa shape index (κ2) is 4.89. The van der Waals surface area contributed by atoms with Gasteiger partial charge in [0, 0.05) is 22.3 Å². The lowest BCUT2D eigenvalue weighted by molar-refractivity contribution is 0.604. The van der Waals surface area contributed by atoms with Crippen molar-refractivity contribution in [3.8, 4) is 0 Å². The minimum Gasteiger partial charge on any atom is -0.255 e. The van der Waals surface area contributed by atoms with E-state index >= 15 is 0 Å². The molecule has 0 amide bonds. The van der Waals surface area contributed by atoms with Crippen molar-refractivity contribution in [2.45, 2.75) is 4.90 Å². The predicted octanol–water partition coefficient (Wildman–Crippen LogP) is 3.44. The van der Waals surface area contributed by atoms with E-state index in [2.05, 4.69) is 4.99 Å². The molecule has 2 aromatic carbocycles. The quantitative estimate of drug-likeness (QED) is 0.810. The molecule has 0 spiro atoms. The molecule has 0 saturated carbocycles. The maximum atomic E-state index is 12.2. The van der Waals surface area contributed by atoms with E-state index in [1.807, 2.05) is 30.3 Å². The second-order valence-electron chi connectivity index (χ2n) is 4.31. The number of aliphatic imine (C=N–C) groups is 1. The normalized spacial score (nSPS) is 16.1. The first kappa shape index (κ1) is 13.1. The van der Waals surface area contributed by atoms with Crippen LogP contribution in [0, 0.1) is 0 Å². The fourth-order valence-electron chi connectivity index (χ4n) is 2.09. The molecule has 3 rings (SSSR count). The van der Waals surface area contributed by atoms with Gasteiger partial charge in [-0.2, -0.15) is 0 Å². The molecule has 20 heavy (non-hydrogen) atoms. The smallest absolute Gasteiger partial charge is 0.201 e. The maximum Gasteiger partial charge on any atom is 0.201 e. The van der Waals surface area contributed by atoms with Gasteiger partial charge in [0.15, 0.2) is 0 Å². The number of nitrogens with zero attached hydrogens (tertiary/aromatic N) is 1. The number of benzene rings is 2. The summed E-state index contributed by atoms with van der Waals surface area (Å²) in [7, 11) is -3.49. The highest BCUT2D eigenvalue weighted by molar-refractivity contribution is 7.94. The van der Waals surface area contributed by atoms with Crippen molar-refractivity contribution in [1.82, 2.24) is 0 Å². The third-order valence-corrected chi connectivity index (χ3v) is 4.68. The second-order valence-corrected chi connectivity index (χ2v) is 6.55. The molecule has 1 aliphatic rings. The van der Waals surface area contributed by atoms with Gasteiger partial charge in [-0.1, -0.05) is 41.9 Å². The van der Waals surface area contributed by atoms with E-state index in [1.165, 1.54) is 12.3 Å². The van der Waals surface area contributed by atoms with Gasteiger partial charge in [0.25, 0.3) is 0 Å². The maximum absolute atomic E-state index is 12.2. The molecule has 0 atom stereocenters. The first-order valence-corrected chi connectivity index (χ1v) is 7.85. The van der Waals surface area contributed by atoms with Crippen molar-refractivity contribution >= 4 is 27.1 Å². The Morgan fingerprint density at radius 3 is 2.50 bits per heavy atom. The molecule has 100 valence electrons. The molecule has 0 aliphatic carbocycles. The van der Waals surface area contributed by atoms with Crippen LogP contribution in [-0.2, 0) is 9.84 Å². The van der Waals surface area contributed by atoms with Crippen molar-refractivity contribution in [3.63, 3.8) is 0 Å². The molecule has 0 bridgehead atoms. The van der Waals surface area contributed by atoms with Gasteiger partial charge >= 0.3 is 0 Å². The minimum atomic E-state index is -3.49. The van der Waals surface area contributed by atoms with Crippen LogP contribution in [0.3, 0.4) is 0 Å². The summed E-state index contributed by atoms with van der Waals surface area (Å²) in [6.07, 6.45) is 1.31. The third kappa shape index (κ3) is 2.28. The molecule has 1 heterocycles. The highest BCUT2D eigenvalue weighted by Crippen LogP contribution is 2.27. The Morgan fingerprint density at radius 1 is 1.00 bits per heavy atom. The topological polar surface area (TPSA) is 46.5 Å². The molecule has 0 radical (unpaired) electrons. The van der Waals surface area contributed by atoms with Crippen LogP contribution in [-0.4, -0.2) is 14.1 Å². The molecule has 0 saturated heterocycles. The SMILES string of the molecule is O=S1(=O)C=CN=C(c2ccccc2)c2cc(Cl)ccc21. The Kier molecular flexibility index (Phi) is 3.20. The number of hydrogen-bond donors (Lipinski definition) is 0. The molecule has 3 nitrogen and oxygen atoms in total. The zero-order valence-electron chi connectivity index (χ0n) is 10.3. The lowest BCUT2D eigenvalue weighted by Gasteiger charge is -2.10. The van der Waals surface area contributed by atoms with Gasteiger partial charge < -0.3 is 0 Å². The van der Waals surface area contributed by atoms with Gasteiger partial charge in [-0.05, 0) is 18.2 Å². The molecular formula is C15H10ClNO2S. The molecule has 2 aromatic rings.